The highest BCUT2D eigenvalue weighted by Crippen LogP contribution is 2.67. The molecule has 0 spiro atoms. The van der Waals surface area contributed by atoms with Gasteiger partial charge in [-0.15, -0.1) is 0 Å². The Kier molecular flexibility index (Phi) is 6.69. The molecule has 4 rings (SSSR count). The zero-order valence-electron chi connectivity index (χ0n) is 21.4. The fourth-order valence-corrected chi connectivity index (χ4v) is 8.92. The first kappa shape index (κ1) is 24.0. The van der Waals surface area contributed by atoms with Crippen LogP contribution in [0.25, 0.3) is 0 Å². The third-order valence-electron chi connectivity index (χ3n) is 10.5. The van der Waals surface area contributed by atoms with E-state index in [1.165, 1.54) is 63.9 Å². The van der Waals surface area contributed by atoms with Crippen molar-refractivity contribution in [3.05, 3.63) is 11.6 Å². The maximum Gasteiger partial charge on any atom is 0.303 e. The van der Waals surface area contributed by atoms with E-state index >= 15 is 0 Å². The summed E-state index contributed by atoms with van der Waals surface area (Å²) in [5.74, 6) is 4.38. The fraction of sp³-hybridized carbons (Fsp3) is 0.862. The number of rotatable bonds is 6. The van der Waals surface area contributed by atoms with Crippen molar-refractivity contribution in [3.63, 3.8) is 0 Å². The molecule has 3 nitrogen and oxygen atoms in total. The lowest BCUT2D eigenvalue weighted by molar-refractivity contribution is -0.156. The van der Waals surface area contributed by atoms with Crippen LogP contribution < -0.4 is 0 Å². The standard InChI is InChI=1S/C29H46O3/c1-18(2)8-7-9-19(3)23-12-13-24-22-11-10-21-16-26(31)27(32-20(4)30)17-29(21,6)25(22)14-15-28(23,24)5/h16,18-19,22-25,27H,7-15,17H2,1-6H3/t19-,22+,23+,24+,25+,27-,28+,29-/m1/s1. The Morgan fingerprint density at radius 2 is 1.84 bits per heavy atom. The van der Waals surface area contributed by atoms with Crippen molar-refractivity contribution in [3.8, 4) is 0 Å². The molecule has 3 fully saturated rings. The second-order valence-electron chi connectivity index (χ2n) is 12.7. The van der Waals surface area contributed by atoms with Gasteiger partial charge in [-0.1, -0.05) is 59.5 Å². The average molecular weight is 443 g/mol. The molecule has 0 saturated heterocycles. The minimum absolute atomic E-state index is 0.00271. The molecule has 0 aromatic carbocycles. The first-order chi connectivity index (χ1) is 15.1. The maximum absolute atomic E-state index is 12.6. The van der Waals surface area contributed by atoms with Crippen LogP contribution >= 0.6 is 0 Å². The highest BCUT2D eigenvalue weighted by atomic mass is 16.5. The zero-order chi connectivity index (χ0) is 23.3. The van der Waals surface area contributed by atoms with Gasteiger partial charge in [0.25, 0.3) is 0 Å². The lowest BCUT2D eigenvalue weighted by atomic mass is 9.46. The van der Waals surface area contributed by atoms with Crippen molar-refractivity contribution < 1.29 is 14.3 Å². The predicted molar refractivity (Wildman–Crippen MR) is 129 cm³/mol. The van der Waals surface area contributed by atoms with E-state index in [-0.39, 0.29) is 17.2 Å². The van der Waals surface area contributed by atoms with Gasteiger partial charge in [-0.05, 0) is 90.9 Å². The highest BCUT2D eigenvalue weighted by Gasteiger charge is 2.60. The second kappa shape index (κ2) is 8.91. The normalized spacial score (nSPS) is 42.0. The summed E-state index contributed by atoms with van der Waals surface area (Å²) in [6.45, 7) is 13.6. The van der Waals surface area contributed by atoms with Crippen LogP contribution in [-0.2, 0) is 14.3 Å². The van der Waals surface area contributed by atoms with Crippen LogP contribution in [0.1, 0.15) is 106 Å². The van der Waals surface area contributed by atoms with Gasteiger partial charge in [-0.2, -0.15) is 0 Å². The molecule has 0 bridgehead atoms. The summed E-state index contributed by atoms with van der Waals surface area (Å²) in [7, 11) is 0. The minimum atomic E-state index is -0.578. The number of fused-ring (bicyclic) bond motifs is 5. The summed E-state index contributed by atoms with van der Waals surface area (Å²) < 4.78 is 5.47. The van der Waals surface area contributed by atoms with Crippen LogP contribution in [0.5, 0.6) is 0 Å². The number of carbonyl (C=O) groups excluding carboxylic acids is 2. The van der Waals surface area contributed by atoms with Gasteiger partial charge < -0.3 is 4.74 Å². The topological polar surface area (TPSA) is 43.4 Å². The van der Waals surface area contributed by atoms with Crippen LogP contribution in [0.15, 0.2) is 11.6 Å². The molecule has 0 amide bonds. The van der Waals surface area contributed by atoms with Crippen molar-refractivity contribution in [1.29, 1.82) is 0 Å². The number of hydrogen-bond acceptors (Lipinski definition) is 3. The zero-order valence-corrected chi connectivity index (χ0v) is 21.4. The van der Waals surface area contributed by atoms with Crippen LogP contribution in [0.3, 0.4) is 0 Å². The summed E-state index contributed by atoms with van der Waals surface area (Å²) in [5.41, 5.74) is 1.84. The summed E-state index contributed by atoms with van der Waals surface area (Å²) >= 11 is 0. The van der Waals surface area contributed by atoms with E-state index in [0.29, 0.717) is 17.8 Å². The summed E-state index contributed by atoms with van der Waals surface area (Å²) in [6, 6.07) is 0. The summed E-state index contributed by atoms with van der Waals surface area (Å²) in [4.78, 5) is 24.2. The number of allylic oxidation sites excluding steroid dienone is 1. The van der Waals surface area contributed by atoms with E-state index in [9.17, 15) is 9.59 Å². The van der Waals surface area contributed by atoms with Crippen molar-refractivity contribution in [2.75, 3.05) is 0 Å². The van der Waals surface area contributed by atoms with Gasteiger partial charge in [0.05, 0.1) is 0 Å². The molecule has 0 aromatic rings. The molecule has 180 valence electrons. The molecule has 0 aromatic heterocycles. The molecule has 4 aliphatic carbocycles. The molecule has 8 atom stereocenters. The minimum Gasteiger partial charge on any atom is -0.454 e. The van der Waals surface area contributed by atoms with Crippen molar-refractivity contribution in [1.82, 2.24) is 0 Å². The van der Waals surface area contributed by atoms with Gasteiger partial charge in [0.15, 0.2) is 11.9 Å². The van der Waals surface area contributed by atoms with Crippen LogP contribution in [0.4, 0.5) is 0 Å². The van der Waals surface area contributed by atoms with E-state index in [0.717, 1.165) is 36.0 Å². The number of hydrogen-bond donors (Lipinski definition) is 0. The first-order valence-corrected chi connectivity index (χ1v) is 13.5. The number of ketones is 1. The lowest BCUT2D eigenvalue weighted by Crippen LogP contribution is -2.53. The second-order valence-corrected chi connectivity index (χ2v) is 12.7. The fourth-order valence-electron chi connectivity index (χ4n) is 8.92. The monoisotopic (exact) mass is 442 g/mol. The Balaban J connectivity index is 1.51. The van der Waals surface area contributed by atoms with E-state index < -0.39 is 6.10 Å². The smallest absolute Gasteiger partial charge is 0.303 e. The molecule has 0 unspecified atom stereocenters. The summed E-state index contributed by atoms with van der Waals surface area (Å²) in [6.07, 6.45) is 13.8. The molecule has 32 heavy (non-hydrogen) atoms. The Bertz CT molecular complexity index is 766. The van der Waals surface area contributed by atoms with Gasteiger partial charge in [0, 0.05) is 13.3 Å². The highest BCUT2D eigenvalue weighted by molar-refractivity contribution is 5.96. The Labute approximate surface area is 196 Å². The molecule has 0 radical (unpaired) electrons. The molecular weight excluding hydrogens is 396 g/mol. The molecule has 4 aliphatic rings. The molecule has 0 N–H and O–H groups in total. The number of carbonyl (C=O) groups is 2. The molecular formula is C29H46O3. The SMILES string of the molecule is CC(=O)O[C@@H]1C[C@]2(C)C(=CC1=O)CC[C@H]1[C@@H]3CC[C@@H]([C@H](C)CCCC(C)C)[C@]3(C)CC[C@@H]12. The molecule has 3 saturated carbocycles. The van der Waals surface area contributed by atoms with E-state index in [2.05, 4.69) is 34.6 Å². The van der Waals surface area contributed by atoms with Gasteiger partial charge in [-0.25, -0.2) is 0 Å². The number of esters is 1. The molecule has 3 heteroatoms. The quantitative estimate of drug-likeness (QED) is 0.411. The van der Waals surface area contributed by atoms with Crippen LogP contribution in [0, 0.1) is 46.3 Å². The van der Waals surface area contributed by atoms with Crippen molar-refractivity contribution >= 4 is 11.8 Å². The largest absolute Gasteiger partial charge is 0.454 e. The first-order valence-electron chi connectivity index (χ1n) is 13.5. The molecule has 0 heterocycles. The van der Waals surface area contributed by atoms with Crippen LogP contribution in [0.2, 0.25) is 0 Å². The van der Waals surface area contributed by atoms with Gasteiger partial charge in [-0.3, -0.25) is 9.59 Å². The van der Waals surface area contributed by atoms with E-state index in [1.54, 1.807) is 0 Å². The lowest BCUT2D eigenvalue weighted by Gasteiger charge is -2.59. The molecule has 0 aliphatic heterocycles. The predicted octanol–water partition coefficient (Wildman–Crippen LogP) is 7.14. The third kappa shape index (κ3) is 4.11. The van der Waals surface area contributed by atoms with E-state index in [1.807, 2.05) is 6.08 Å². The van der Waals surface area contributed by atoms with Gasteiger partial charge in [0.2, 0.25) is 0 Å². The Morgan fingerprint density at radius 1 is 1.09 bits per heavy atom. The summed E-state index contributed by atoms with van der Waals surface area (Å²) in [5, 5.41) is 0. The van der Waals surface area contributed by atoms with Crippen molar-refractivity contribution in [2.45, 2.75) is 112 Å². The maximum atomic E-state index is 12.6. The van der Waals surface area contributed by atoms with E-state index in [4.69, 9.17) is 4.74 Å². The van der Waals surface area contributed by atoms with Gasteiger partial charge >= 0.3 is 5.97 Å². The van der Waals surface area contributed by atoms with Gasteiger partial charge in [0.1, 0.15) is 0 Å². The van der Waals surface area contributed by atoms with Crippen molar-refractivity contribution in [2.24, 2.45) is 46.3 Å². The average Bonchev–Trinajstić information content (AvgIpc) is 3.05. The Hall–Kier alpha value is -1.12. The number of ether oxygens (including phenoxy) is 1. The third-order valence-corrected chi connectivity index (χ3v) is 10.5. The van der Waals surface area contributed by atoms with Crippen LogP contribution in [-0.4, -0.2) is 17.9 Å². The Morgan fingerprint density at radius 3 is 2.53 bits per heavy atom.